The molecule has 0 fully saturated rings. The summed E-state index contributed by atoms with van der Waals surface area (Å²) in [5.74, 6) is 0.263. The molecule has 0 aromatic heterocycles. The predicted octanol–water partition coefficient (Wildman–Crippen LogP) is 3.93. The summed E-state index contributed by atoms with van der Waals surface area (Å²) in [5, 5.41) is 3.45. The SMILES string of the molecule is COc1cc(F)ccc1NC1CCc2ccccc21. The molecule has 2 aromatic rings. The molecule has 2 aromatic carbocycles. The Bertz CT molecular complexity index is 597. The number of benzene rings is 2. The molecular formula is C16H16FNO. The number of hydrogen-bond donors (Lipinski definition) is 1. The van der Waals surface area contributed by atoms with Crippen molar-refractivity contribution >= 4 is 5.69 Å². The van der Waals surface area contributed by atoms with Crippen LogP contribution in [0.4, 0.5) is 10.1 Å². The van der Waals surface area contributed by atoms with Crippen LogP contribution in [-0.2, 0) is 6.42 Å². The van der Waals surface area contributed by atoms with Crippen molar-refractivity contribution in [2.75, 3.05) is 12.4 Å². The summed E-state index contributed by atoms with van der Waals surface area (Å²) in [6, 6.07) is 13.3. The van der Waals surface area contributed by atoms with Crippen molar-refractivity contribution < 1.29 is 9.13 Å². The molecule has 0 aliphatic heterocycles. The van der Waals surface area contributed by atoms with Crippen LogP contribution in [-0.4, -0.2) is 7.11 Å². The number of anilines is 1. The molecule has 0 saturated carbocycles. The molecule has 98 valence electrons. The third-order valence-electron chi connectivity index (χ3n) is 3.63. The van der Waals surface area contributed by atoms with Gasteiger partial charge in [-0.3, -0.25) is 0 Å². The molecule has 0 heterocycles. The zero-order chi connectivity index (χ0) is 13.2. The van der Waals surface area contributed by atoms with Gasteiger partial charge in [0.1, 0.15) is 11.6 Å². The number of aryl methyl sites for hydroxylation is 1. The molecule has 2 nitrogen and oxygen atoms in total. The minimum absolute atomic E-state index is 0.274. The second-order valence-corrected chi connectivity index (χ2v) is 4.78. The van der Waals surface area contributed by atoms with E-state index in [4.69, 9.17) is 4.74 Å². The van der Waals surface area contributed by atoms with E-state index < -0.39 is 0 Å². The quantitative estimate of drug-likeness (QED) is 0.899. The highest BCUT2D eigenvalue weighted by Crippen LogP contribution is 2.36. The van der Waals surface area contributed by atoms with E-state index in [0.717, 1.165) is 18.5 Å². The lowest BCUT2D eigenvalue weighted by Gasteiger charge is -2.17. The number of nitrogens with one attached hydrogen (secondary N) is 1. The number of rotatable bonds is 3. The van der Waals surface area contributed by atoms with E-state index in [1.165, 1.54) is 23.3 Å². The van der Waals surface area contributed by atoms with E-state index in [9.17, 15) is 4.39 Å². The Balaban J connectivity index is 1.87. The fourth-order valence-corrected chi connectivity index (χ4v) is 2.68. The first kappa shape index (κ1) is 12.0. The maximum absolute atomic E-state index is 13.2. The summed E-state index contributed by atoms with van der Waals surface area (Å²) in [6.45, 7) is 0. The van der Waals surface area contributed by atoms with E-state index in [-0.39, 0.29) is 11.9 Å². The molecule has 19 heavy (non-hydrogen) atoms. The maximum Gasteiger partial charge on any atom is 0.144 e. The van der Waals surface area contributed by atoms with Crippen LogP contribution in [0.15, 0.2) is 42.5 Å². The molecule has 1 aliphatic rings. The molecule has 0 saturated heterocycles. The highest BCUT2D eigenvalue weighted by Gasteiger charge is 2.22. The summed E-state index contributed by atoms with van der Waals surface area (Å²) >= 11 is 0. The molecule has 1 N–H and O–H groups in total. The van der Waals surface area contributed by atoms with Crippen molar-refractivity contribution in [1.82, 2.24) is 0 Å². The monoisotopic (exact) mass is 257 g/mol. The van der Waals surface area contributed by atoms with Gasteiger partial charge in [-0.05, 0) is 36.1 Å². The van der Waals surface area contributed by atoms with Crippen LogP contribution >= 0.6 is 0 Å². The first-order chi connectivity index (χ1) is 9.28. The number of halogens is 1. The van der Waals surface area contributed by atoms with Crippen molar-refractivity contribution in [2.24, 2.45) is 0 Å². The summed E-state index contributed by atoms with van der Waals surface area (Å²) in [5.41, 5.74) is 3.56. The zero-order valence-electron chi connectivity index (χ0n) is 10.8. The van der Waals surface area contributed by atoms with Gasteiger partial charge in [-0.15, -0.1) is 0 Å². The molecule has 3 heteroatoms. The van der Waals surface area contributed by atoms with E-state index in [1.54, 1.807) is 13.2 Å². The Morgan fingerprint density at radius 1 is 1.21 bits per heavy atom. The Kier molecular flexibility index (Phi) is 3.11. The normalized spacial score (nSPS) is 17.1. The van der Waals surface area contributed by atoms with Gasteiger partial charge in [-0.25, -0.2) is 4.39 Å². The molecule has 0 radical (unpaired) electrons. The Labute approximate surface area is 112 Å². The van der Waals surface area contributed by atoms with E-state index in [2.05, 4.69) is 29.6 Å². The standard InChI is InChI=1S/C16H16FNO/c1-19-16-10-12(17)7-9-15(16)18-14-8-6-11-4-2-3-5-13(11)14/h2-5,7,9-10,14,18H,6,8H2,1H3. The van der Waals surface area contributed by atoms with Gasteiger partial charge >= 0.3 is 0 Å². The molecular weight excluding hydrogens is 241 g/mol. The van der Waals surface area contributed by atoms with Crippen molar-refractivity contribution in [3.63, 3.8) is 0 Å². The molecule has 0 spiro atoms. The number of hydrogen-bond acceptors (Lipinski definition) is 2. The molecule has 0 bridgehead atoms. The molecule has 1 unspecified atom stereocenters. The minimum atomic E-state index is -0.283. The maximum atomic E-state index is 13.2. The Morgan fingerprint density at radius 3 is 2.89 bits per heavy atom. The minimum Gasteiger partial charge on any atom is -0.494 e. The summed E-state index contributed by atoms with van der Waals surface area (Å²) in [7, 11) is 1.56. The molecule has 3 rings (SSSR count). The van der Waals surface area contributed by atoms with E-state index >= 15 is 0 Å². The zero-order valence-corrected chi connectivity index (χ0v) is 10.8. The topological polar surface area (TPSA) is 21.3 Å². The number of fused-ring (bicyclic) bond motifs is 1. The second kappa shape index (κ2) is 4.92. The smallest absolute Gasteiger partial charge is 0.144 e. The van der Waals surface area contributed by atoms with Crippen LogP contribution in [0.5, 0.6) is 5.75 Å². The van der Waals surface area contributed by atoms with E-state index in [1.807, 2.05) is 0 Å². The third-order valence-corrected chi connectivity index (χ3v) is 3.63. The lowest BCUT2D eigenvalue weighted by Crippen LogP contribution is -2.08. The molecule has 1 atom stereocenters. The van der Waals surface area contributed by atoms with Crippen molar-refractivity contribution in [2.45, 2.75) is 18.9 Å². The van der Waals surface area contributed by atoms with Crippen molar-refractivity contribution in [3.8, 4) is 5.75 Å². The van der Waals surface area contributed by atoms with Crippen LogP contribution in [0.25, 0.3) is 0 Å². The van der Waals surface area contributed by atoms with Gasteiger partial charge in [0, 0.05) is 6.07 Å². The van der Waals surface area contributed by atoms with Crippen LogP contribution < -0.4 is 10.1 Å². The van der Waals surface area contributed by atoms with Crippen LogP contribution in [0.1, 0.15) is 23.6 Å². The highest BCUT2D eigenvalue weighted by molar-refractivity contribution is 5.58. The van der Waals surface area contributed by atoms with Gasteiger partial charge in [0.2, 0.25) is 0 Å². The third kappa shape index (κ3) is 2.28. The van der Waals surface area contributed by atoms with Crippen LogP contribution in [0, 0.1) is 5.82 Å². The van der Waals surface area contributed by atoms with Gasteiger partial charge < -0.3 is 10.1 Å². The summed E-state index contributed by atoms with van der Waals surface area (Å²) in [6.07, 6.45) is 2.14. The average Bonchev–Trinajstić information content (AvgIpc) is 2.84. The first-order valence-corrected chi connectivity index (χ1v) is 6.46. The second-order valence-electron chi connectivity index (χ2n) is 4.78. The van der Waals surface area contributed by atoms with Gasteiger partial charge in [0.05, 0.1) is 18.8 Å². The first-order valence-electron chi connectivity index (χ1n) is 6.46. The fourth-order valence-electron chi connectivity index (χ4n) is 2.68. The number of ether oxygens (including phenoxy) is 1. The molecule has 0 amide bonds. The Hall–Kier alpha value is -2.03. The lowest BCUT2D eigenvalue weighted by molar-refractivity contribution is 0.412. The van der Waals surface area contributed by atoms with Gasteiger partial charge in [-0.2, -0.15) is 0 Å². The van der Waals surface area contributed by atoms with Gasteiger partial charge in [0.25, 0.3) is 0 Å². The van der Waals surface area contributed by atoms with Gasteiger partial charge in [-0.1, -0.05) is 24.3 Å². The van der Waals surface area contributed by atoms with Crippen molar-refractivity contribution in [3.05, 3.63) is 59.4 Å². The molecule has 1 aliphatic carbocycles. The lowest BCUT2D eigenvalue weighted by atomic mass is 10.1. The fraction of sp³-hybridized carbons (Fsp3) is 0.250. The average molecular weight is 257 g/mol. The van der Waals surface area contributed by atoms with E-state index in [0.29, 0.717) is 5.75 Å². The van der Waals surface area contributed by atoms with Crippen LogP contribution in [0.2, 0.25) is 0 Å². The largest absolute Gasteiger partial charge is 0.494 e. The predicted molar refractivity (Wildman–Crippen MR) is 74.1 cm³/mol. The number of methoxy groups -OCH3 is 1. The van der Waals surface area contributed by atoms with Crippen LogP contribution in [0.3, 0.4) is 0 Å². The summed E-state index contributed by atoms with van der Waals surface area (Å²) < 4.78 is 18.4. The Morgan fingerprint density at radius 2 is 2.05 bits per heavy atom. The van der Waals surface area contributed by atoms with Crippen molar-refractivity contribution in [1.29, 1.82) is 0 Å². The summed E-state index contributed by atoms with van der Waals surface area (Å²) in [4.78, 5) is 0. The van der Waals surface area contributed by atoms with Gasteiger partial charge in [0.15, 0.2) is 0 Å². The highest BCUT2D eigenvalue weighted by atomic mass is 19.1.